The summed E-state index contributed by atoms with van der Waals surface area (Å²) in [5.74, 6) is 2.97. The summed E-state index contributed by atoms with van der Waals surface area (Å²) in [5, 5.41) is 3.23. The molecule has 21 heavy (non-hydrogen) atoms. The number of ether oxygens (including phenoxy) is 1. The van der Waals surface area contributed by atoms with E-state index in [1.165, 1.54) is 0 Å². The fraction of sp³-hybridized carbons (Fsp3) is 0.267. The van der Waals surface area contributed by atoms with Crippen molar-refractivity contribution in [3.8, 4) is 11.5 Å². The van der Waals surface area contributed by atoms with Crippen LogP contribution in [-0.2, 0) is 6.42 Å². The van der Waals surface area contributed by atoms with Gasteiger partial charge in [0.2, 0.25) is 0 Å². The minimum Gasteiger partial charge on any atom is -0.451 e. The normalized spacial score (nSPS) is 12.7. The summed E-state index contributed by atoms with van der Waals surface area (Å²) >= 11 is 0. The van der Waals surface area contributed by atoms with Gasteiger partial charge in [0.25, 0.3) is 0 Å². The van der Waals surface area contributed by atoms with Crippen molar-refractivity contribution >= 4 is 17.2 Å². The molecule has 0 unspecified atom stereocenters. The molecule has 0 fully saturated rings. The molecule has 3 N–H and O–H groups in total. The van der Waals surface area contributed by atoms with Crippen molar-refractivity contribution in [1.29, 1.82) is 0 Å². The van der Waals surface area contributed by atoms with Gasteiger partial charge in [-0.3, -0.25) is 0 Å². The minimum absolute atomic E-state index is 0.326. The highest BCUT2D eigenvalue weighted by molar-refractivity contribution is 5.73. The number of nitrogen functional groups attached to an aromatic ring is 1. The summed E-state index contributed by atoms with van der Waals surface area (Å²) in [4.78, 5) is 12.7. The molecule has 2 aromatic rings. The molecule has 3 heterocycles. The molecule has 1 aliphatic rings. The predicted molar refractivity (Wildman–Crippen MR) is 82.4 cm³/mol. The number of hydrogen-bond donors (Lipinski definition) is 2. The molecule has 0 aromatic carbocycles. The zero-order valence-corrected chi connectivity index (χ0v) is 12.1. The number of fused-ring (bicyclic) bond motifs is 1. The molecule has 0 atom stereocenters. The zero-order chi connectivity index (χ0) is 15.0. The SMILES string of the molecule is C=C(C)c1cnc2c(c1Oc1cnc(C)nc1N)CCN2. The molecule has 108 valence electrons. The quantitative estimate of drug-likeness (QED) is 0.900. The molecule has 0 saturated carbocycles. The smallest absolute Gasteiger partial charge is 0.187 e. The van der Waals surface area contributed by atoms with E-state index in [-0.39, 0.29) is 0 Å². The topological polar surface area (TPSA) is 86.0 Å². The lowest BCUT2D eigenvalue weighted by Gasteiger charge is -2.15. The number of anilines is 2. The Morgan fingerprint density at radius 1 is 1.38 bits per heavy atom. The molecule has 6 heteroatoms. The maximum absolute atomic E-state index is 6.01. The standard InChI is InChI=1S/C15H17N5O/c1-8(2)11-6-19-15-10(4-5-17-15)13(11)21-12-7-18-9(3)20-14(12)16/h6-7H,1,4-5H2,2-3H3,(H,17,19)(H2,16,18,20). The maximum atomic E-state index is 6.01. The van der Waals surface area contributed by atoms with Crippen molar-refractivity contribution in [3.63, 3.8) is 0 Å². The first-order chi connectivity index (χ1) is 10.1. The molecule has 0 aliphatic carbocycles. The molecule has 1 aliphatic heterocycles. The van der Waals surface area contributed by atoms with Gasteiger partial charge in [-0.2, -0.15) is 0 Å². The van der Waals surface area contributed by atoms with E-state index in [1.54, 1.807) is 19.3 Å². The van der Waals surface area contributed by atoms with Crippen LogP contribution in [0.3, 0.4) is 0 Å². The summed E-state index contributed by atoms with van der Waals surface area (Å²) in [6.45, 7) is 8.54. The number of nitrogens with two attached hydrogens (primary N) is 1. The molecule has 0 radical (unpaired) electrons. The second kappa shape index (κ2) is 5.05. The van der Waals surface area contributed by atoms with Gasteiger partial charge in [0, 0.05) is 23.9 Å². The van der Waals surface area contributed by atoms with Gasteiger partial charge in [0.15, 0.2) is 11.6 Å². The third kappa shape index (κ3) is 2.40. The second-order valence-corrected chi connectivity index (χ2v) is 5.05. The first kappa shape index (κ1) is 13.4. The van der Waals surface area contributed by atoms with E-state index in [0.717, 1.165) is 41.2 Å². The average Bonchev–Trinajstić information content (AvgIpc) is 2.90. The monoisotopic (exact) mass is 283 g/mol. The summed E-state index contributed by atoms with van der Waals surface area (Å²) in [6.07, 6.45) is 4.21. The summed E-state index contributed by atoms with van der Waals surface area (Å²) < 4.78 is 6.01. The summed E-state index contributed by atoms with van der Waals surface area (Å²) in [6, 6.07) is 0. The summed E-state index contributed by atoms with van der Waals surface area (Å²) in [5.41, 5.74) is 8.71. The average molecular weight is 283 g/mol. The van der Waals surface area contributed by atoms with E-state index < -0.39 is 0 Å². The van der Waals surface area contributed by atoms with E-state index in [9.17, 15) is 0 Å². The van der Waals surface area contributed by atoms with Crippen LogP contribution in [0.5, 0.6) is 11.5 Å². The summed E-state index contributed by atoms with van der Waals surface area (Å²) in [7, 11) is 0. The highest BCUT2D eigenvalue weighted by Crippen LogP contribution is 2.39. The van der Waals surface area contributed by atoms with Gasteiger partial charge < -0.3 is 15.8 Å². The lowest BCUT2D eigenvalue weighted by molar-refractivity contribution is 0.473. The van der Waals surface area contributed by atoms with Crippen molar-refractivity contribution in [1.82, 2.24) is 15.0 Å². The van der Waals surface area contributed by atoms with Crippen LogP contribution >= 0.6 is 0 Å². The van der Waals surface area contributed by atoms with Crippen molar-refractivity contribution in [2.45, 2.75) is 20.3 Å². The van der Waals surface area contributed by atoms with E-state index >= 15 is 0 Å². The van der Waals surface area contributed by atoms with Crippen LogP contribution in [0.1, 0.15) is 23.9 Å². The van der Waals surface area contributed by atoms with Gasteiger partial charge in [-0.05, 0) is 25.8 Å². The molecule has 2 aromatic heterocycles. The molecule has 3 rings (SSSR count). The Labute approximate surface area is 123 Å². The number of nitrogens with one attached hydrogen (secondary N) is 1. The van der Waals surface area contributed by atoms with Gasteiger partial charge >= 0.3 is 0 Å². The molecule has 0 spiro atoms. The van der Waals surface area contributed by atoms with Gasteiger partial charge in [0.1, 0.15) is 17.4 Å². The Morgan fingerprint density at radius 2 is 2.19 bits per heavy atom. The number of aromatic nitrogens is 3. The third-order valence-electron chi connectivity index (χ3n) is 3.37. The molecule has 0 bridgehead atoms. The number of aryl methyl sites for hydroxylation is 1. The van der Waals surface area contributed by atoms with E-state index in [1.807, 2.05) is 6.92 Å². The molecular formula is C15H17N5O. The number of nitrogens with zero attached hydrogens (tertiary/aromatic N) is 3. The maximum Gasteiger partial charge on any atom is 0.187 e. The van der Waals surface area contributed by atoms with Crippen LogP contribution in [0.25, 0.3) is 5.57 Å². The Balaban J connectivity index is 2.09. The fourth-order valence-electron chi connectivity index (χ4n) is 2.31. The minimum atomic E-state index is 0.326. The van der Waals surface area contributed by atoms with Crippen molar-refractivity contribution < 1.29 is 4.74 Å². The number of hydrogen-bond acceptors (Lipinski definition) is 6. The Hall–Kier alpha value is -2.63. The van der Waals surface area contributed by atoms with E-state index in [2.05, 4.69) is 26.8 Å². The van der Waals surface area contributed by atoms with Crippen molar-refractivity contribution in [3.05, 3.63) is 35.9 Å². The molecular weight excluding hydrogens is 266 g/mol. The third-order valence-corrected chi connectivity index (χ3v) is 3.37. The van der Waals surface area contributed by atoms with Crippen LogP contribution < -0.4 is 15.8 Å². The van der Waals surface area contributed by atoms with Crippen LogP contribution in [0.4, 0.5) is 11.6 Å². The van der Waals surface area contributed by atoms with Crippen molar-refractivity contribution in [2.75, 3.05) is 17.6 Å². The lowest BCUT2D eigenvalue weighted by atomic mass is 10.1. The first-order valence-corrected chi connectivity index (χ1v) is 6.75. The highest BCUT2D eigenvalue weighted by Gasteiger charge is 2.22. The van der Waals surface area contributed by atoms with Crippen LogP contribution in [0, 0.1) is 6.92 Å². The Kier molecular flexibility index (Phi) is 3.21. The van der Waals surface area contributed by atoms with E-state index in [4.69, 9.17) is 10.5 Å². The van der Waals surface area contributed by atoms with E-state index in [0.29, 0.717) is 17.4 Å². The van der Waals surface area contributed by atoms with Gasteiger partial charge in [0.05, 0.1) is 6.20 Å². The lowest BCUT2D eigenvalue weighted by Crippen LogP contribution is -2.02. The van der Waals surface area contributed by atoms with Crippen LogP contribution in [-0.4, -0.2) is 21.5 Å². The second-order valence-electron chi connectivity index (χ2n) is 5.05. The van der Waals surface area contributed by atoms with Crippen LogP contribution in [0.15, 0.2) is 19.0 Å². The number of allylic oxidation sites excluding steroid dienone is 1. The molecule has 0 saturated heterocycles. The fourth-order valence-corrected chi connectivity index (χ4v) is 2.31. The van der Waals surface area contributed by atoms with Crippen LogP contribution in [0.2, 0.25) is 0 Å². The number of rotatable bonds is 3. The highest BCUT2D eigenvalue weighted by atomic mass is 16.5. The van der Waals surface area contributed by atoms with Gasteiger partial charge in [-0.25, -0.2) is 15.0 Å². The van der Waals surface area contributed by atoms with Gasteiger partial charge in [-0.15, -0.1) is 0 Å². The zero-order valence-electron chi connectivity index (χ0n) is 12.1. The largest absolute Gasteiger partial charge is 0.451 e. The Bertz CT molecular complexity index is 726. The number of pyridine rings is 1. The van der Waals surface area contributed by atoms with Gasteiger partial charge in [-0.1, -0.05) is 6.58 Å². The van der Waals surface area contributed by atoms with Crippen molar-refractivity contribution in [2.24, 2.45) is 0 Å². The Morgan fingerprint density at radius 3 is 2.90 bits per heavy atom. The molecule has 0 amide bonds. The molecule has 6 nitrogen and oxygen atoms in total. The first-order valence-electron chi connectivity index (χ1n) is 6.75. The predicted octanol–water partition coefficient (Wildman–Crippen LogP) is 2.56.